The number of halogens is 1. The van der Waals surface area contributed by atoms with E-state index in [0.717, 1.165) is 10.2 Å². The Hall–Kier alpha value is -1.73. The van der Waals surface area contributed by atoms with E-state index in [-0.39, 0.29) is 18.2 Å². The zero-order valence-corrected chi connectivity index (χ0v) is 13.0. The maximum Gasteiger partial charge on any atom is 0.230 e. The first kappa shape index (κ1) is 14.7. The molecule has 0 fully saturated rings. The maximum absolute atomic E-state index is 11.9. The minimum absolute atomic E-state index is 0.150. The molecule has 0 spiro atoms. The van der Waals surface area contributed by atoms with E-state index in [1.807, 2.05) is 24.3 Å². The molecule has 2 rings (SSSR count). The van der Waals surface area contributed by atoms with Gasteiger partial charge in [0.05, 0.1) is 12.1 Å². The predicted molar refractivity (Wildman–Crippen MR) is 82.9 cm³/mol. The summed E-state index contributed by atoms with van der Waals surface area (Å²) >= 11 is 4.64. The number of nitrogens with zero attached hydrogens (tertiary/aromatic N) is 1. The average Bonchev–Trinajstić information content (AvgIpc) is 2.75. The Morgan fingerprint density at radius 3 is 2.85 bits per heavy atom. The first-order valence-corrected chi connectivity index (χ1v) is 7.47. The number of hydrogen-bond donors (Lipinski definition) is 2. The van der Waals surface area contributed by atoms with Crippen LogP contribution in [-0.2, 0) is 16.0 Å². The third-order valence-electron chi connectivity index (χ3n) is 2.28. The second kappa shape index (κ2) is 6.62. The van der Waals surface area contributed by atoms with E-state index in [1.54, 1.807) is 5.38 Å². The first-order valence-electron chi connectivity index (χ1n) is 5.80. The number of carbonyl (C=O) groups excluding carboxylic acids is 2. The number of thiazole rings is 1. The van der Waals surface area contributed by atoms with Crippen LogP contribution in [0.4, 0.5) is 10.8 Å². The summed E-state index contributed by atoms with van der Waals surface area (Å²) < 4.78 is 0.900. The van der Waals surface area contributed by atoms with Crippen molar-refractivity contribution in [3.05, 3.63) is 39.8 Å². The zero-order valence-electron chi connectivity index (χ0n) is 10.6. The van der Waals surface area contributed by atoms with Gasteiger partial charge in [0.25, 0.3) is 0 Å². The van der Waals surface area contributed by atoms with Crippen LogP contribution >= 0.6 is 27.3 Å². The van der Waals surface area contributed by atoms with Gasteiger partial charge in [-0.05, 0) is 18.2 Å². The summed E-state index contributed by atoms with van der Waals surface area (Å²) in [6, 6.07) is 7.36. The fraction of sp³-hybridized carbons (Fsp3) is 0.154. The van der Waals surface area contributed by atoms with Crippen LogP contribution in [0.2, 0.25) is 0 Å². The minimum atomic E-state index is -0.176. The van der Waals surface area contributed by atoms with E-state index in [0.29, 0.717) is 10.8 Å². The van der Waals surface area contributed by atoms with E-state index in [9.17, 15) is 9.59 Å². The van der Waals surface area contributed by atoms with Gasteiger partial charge < -0.3 is 10.6 Å². The quantitative estimate of drug-likeness (QED) is 0.887. The molecule has 2 aromatic rings. The number of rotatable bonds is 4. The van der Waals surface area contributed by atoms with Gasteiger partial charge in [-0.2, -0.15) is 0 Å². The van der Waals surface area contributed by atoms with Crippen molar-refractivity contribution in [3.63, 3.8) is 0 Å². The number of nitrogens with one attached hydrogen (secondary N) is 2. The summed E-state index contributed by atoms with van der Waals surface area (Å²) in [6.07, 6.45) is 0.169. The molecule has 1 heterocycles. The molecule has 0 unspecified atom stereocenters. The smallest absolute Gasteiger partial charge is 0.230 e. The summed E-state index contributed by atoms with van der Waals surface area (Å²) in [7, 11) is 0. The summed E-state index contributed by atoms with van der Waals surface area (Å²) in [5, 5.41) is 7.63. The van der Waals surface area contributed by atoms with Gasteiger partial charge in [-0.25, -0.2) is 4.98 Å². The molecule has 0 atom stereocenters. The molecule has 7 heteroatoms. The number of carbonyl (C=O) groups is 2. The maximum atomic E-state index is 11.9. The highest BCUT2D eigenvalue weighted by molar-refractivity contribution is 9.10. The molecule has 5 nitrogen and oxygen atoms in total. The third-order valence-corrected chi connectivity index (χ3v) is 3.58. The molecule has 0 aliphatic carbocycles. The van der Waals surface area contributed by atoms with Crippen LogP contribution in [0.25, 0.3) is 0 Å². The molecular weight excluding hydrogens is 342 g/mol. The number of amides is 2. The molecule has 1 aromatic carbocycles. The second-order valence-electron chi connectivity index (χ2n) is 4.06. The summed E-state index contributed by atoms with van der Waals surface area (Å²) in [6.45, 7) is 1.42. The van der Waals surface area contributed by atoms with Gasteiger partial charge in [0.15, 0.2) is 5.13 Å². The Balaban J connectivity index is 1.94. The molecule has 0 saturated heterocycles. The van der Waals surface area contributed by atoms with Gasteiger partial charge in [-0.3, -0.25) is 9.59 Å². The van der Waals surface area contributed by atoms with Gasteiger partial charge in [-0.1, -0.05) is 22.0 Å². The van der Waals surface area contributed by atoms with Crippen molar-refractivity contribution >= 4 is 49.9 Å². The van der Waals surface area contributed by atoms with E-state index >= 15 is 0 Å². The Morgan fingerprint density at radius 2 is 2.15 bits per heavy atom. The number of benzene rings is 1. The van der Waals surface area contributed by atoms with Crippen LogP contribution in [0, 0.1) is 0 Å². The number of hydrogen-bond acceptors (Lipinski definition) is 4. The van der Waals surface area contributed by atoms with Gasteiger partial charge in [0, 0.05) is 22.5 Å². The van der Waals surface area contributed by atoms with E-state index in [2.05, 4.69) is 31.5 Å². The lowest BCUT2D eigenvalue weighted by Gasteiger charge is -2.04. The number of aromatic nitrogens is 1. The van der Waals surface area contributed by atoms with Gasteiger partial charge in [0.2, 0.25) is 11.8 Å². The average molecular weight is 354 g/mol. The van der Waals surface area contributed by atoms with Gasteiger partial charge in [-0.15, -0.1) is 11.3 Å². The van der Waals surface area contributed by atoms with Crippen molar-refractivity contribution in [2.24, 2.45) is 0 Å². The Labute approximate surface area is 128 Å². The first-order chi connectivity index (χ1) is 9.52. The fourth-order valence-corrected chi connectivity index (χ4v) is 2.69. The third kappa shape index (κ3) is 4.43. The molecule has 104 valence electrons. The second-order valence-corrected chi connectivity index (χ2v) is 5.83. The summed E-state index contributed by atoms with van der Waals surface area (Å²) in [5.74, 6) is -0.327. The van der Waals surface area contributed by atoms with Crippen molar-refractivity contribution in [1.82, 2.24) is 4.98 Å². The van der Waals surface area contributed by atoms with Gasteiger partial charge in [0.1, 0.15) is 0 Å². The Morgan fingerprint density at radius 1 is 1.35 bits per heavy atom. The molecule has 2 N–H and O–H groups in total. The van der Waals surface area contributed by atoms with Crippen molar-refractivity contribution in [1.29, 1.82) is 0 Å². The van der Waals surface area contributed by atoms with Crippen LogP contribution in [0.1, 0.15) is 12.6 Å². The van der Waals surface area contributed by atoms with E-state index in [4.69, 9.17) is 0 Å². The molecule has 0 saturated carbocycles. The predicted octanol–water partition coefficient (Wildman–Crippen LogP) is 3.05. The fourth-order valence-electron chi connectivity index (χ4n) is 1.53. The lowest BCUT2D eigenvalue weighted by Crippen LogP contribution is -2.14. The van der Waals surface area contributed by atoms with E-state index < -0.39 is 0 Å². The molecule has 0 aliphatic heterocycles. The topological polar surface area (TPSA) is 71.1 Å². The highest BCUT2D eigenvalue weighted by Crippen LogP contribution is 2.18. The summed E-state index contributed by atoms with van der Waals surface area (Å²) in [5.41, 5.74) is 1.35. The van der Waals surface area contributed by atoms with Gasteiger partial charge >= 0.3 is 0 Å². The molecule has 0 radical (unpaired) electrons. The SMILES string of the molecule is CC(=O)Nc1nc(CC(=O)Nc2cccc(Br)c2)cs1. The van der Waals surface area contributed by atoms with Crippen LogP contribution in [0.15, 0.2) is 34.1 Å². The Bertz CT molecular complexity index is 642. The zero-order chi connectivity index (χ0) is 14.5. The van der Waals surface area contributed by atoms with Crippen LogP contribution in [-0.4, -0.2) is 16.8 Å². The highest BCUT2D eigenvalue weighted by Gasteiger charge is 2.09. The van der Waals surface area contributed by atoms with Crippen LogP contribution in [0.3, 0.4) is 0 Å². The van der Waals surface area contributed by atoms with Crippen LogP contribution in [0.5, 0.6) is 0 Å². The lowest BCUT2D eigenvalue weighted by atomic mass is 10.3. The van der Waals surface area contributed by atoms with Crippen molar-refractivity contribution in [3.8, 4) is 0 Å². The van der Waals surface area contributed by atoms with Crippen molar-refractivity contribution < 1.29 is 9.59 Å². The van der Waals surface area contributed by atoms with Crippen LogP contribution < -0.4 is 10.6 Å². The largest absolute Gasteiger partial charge is 0.326 e. The minimum Gasteiger partial charge on any atom is -0.326 e. The molecule has 0 aliphatic rings. The number of anilines is 2. The van der Waals surface area contributed by atoms with Crippen molar-refractivity contribution in [2.75, 3.05) is 10.6 Å². The van der Waals surface area contributed by atoms with E-state index in [1.165, 1.54) is 18.3 Å². The standard InChI is InChI=1S/C13H12BrN3O2S/c1-8(18)15-13-17-11(7-20-13)6-12(19)16-10-4-2-3-9(14)5-10/h2-5,7H,6H2,1H3,(H,16,19)(H,15,17,18). The molecule has 20 heavy (non-hydrogen) atoms. The Kier molecular flexibility index (Phi) is 4.86. The normalized spacial score (nSPS) is 10.1. The molecule has 0 bridgehead atoms. The monoisotopic (exact) mass is 353 g/mol. The highest BCUT2D eigenvalue weighted by atomic mass is 79.9. The molecule has 2 amide bonds. The molecule has 1 aromatic heterocycles. The van der Waals surface area contributed by atoms with Crippen molar-refractivity contribution in [2.45, 2.75) is 13.3 Å². The molecular formula is C13H12BrN3O2S. The summed E-state index contributed by atoms with van der Waals surface area (Å²) in [4.78, 5) is 26.9. The lowest BCUT2D eigenvalue weighted by molar-refractivity contribution is -0.116.